The first kappa shape index (κ1) is 8.55. The lowest BCUT2D eigenvalue weighted by Crippen LogP contribution is -2.20. The molecular formula is C9H7NO4. The van der Waals surface area contributed by atoms with Crippen LogP contribution in [0.1, 0.15) is 0 Å². The third kappa shape index (κ3) is 1.19. The molecule has 0 spiro atoms. The van der Waals surface area contributed by atoms with Crippen LogP contribution in [0.4, 0.5) is 0 Å². The second-order valence-electron chi connectivity index (χ2n) is 2.98. The molecular weight excluding hydrogens is 186 g/mol. The summed E-state index contributed by atoms with van der Waals surface area (Å²) in [5, 5.41) is 27.9. The zero-order chi connectivity index (χ0) is 10.3. The van der Waals surface area contributed by atoms with E-state index in [9.17, 15) is 4.79 Å². The first-order chi connectivity index (χ1) is 6.58. The fourth-order valence-corrected chi connectivity index (χ4v) is 1.31. The number of carboxylic acid groups (broad SMARTS) is 1. The van der Waals surface area contributed by atoms with Gasteiger partial charge in [0.1, 0.15) is 0 Å². The van der Waals surface area contributed by atoms with Gasteiger partial charge < -0.3 is 15.3 Å². The Kier molecular flexibility index (Phi) is 1.67. The minimum atomic E-state index is -1.06. The maximum atomic E-state index is 10.6. The number of carboxylic acids is 1. The summed E-state index contributed by atoms with van der Waals surface area (Å²) in [5.74, 6) is -1.63. The SMILES string of the molecule is O=C(O)[C@H]1C=c2cc(O)c(O)cc2=N1. The van der Waals surface area contributed by atoms with Gasteiger partial charge in [-0.25, -0.2) is 4.79 Å². The van der Waals surface area contributed by atoms with E-state index in [1.165, 1.54) is 18.2 Å². The van der Waals surface area contributed by atoms with Crippen LogP contribution in [-0.4, -0.2) is 27.3 Å². The van der Waals surface area contributed by atoms with Crippen LogP contribution in [0.2, 0.25) is 0 Å². The molecule has 3 N–H and O–H groups in total. The molecule has 0 aliphatic carbocycles. The predicted molar refractivity (Wildman–Crippen MR) is 46.4 cm³/mol. The van der Waals surface area contributed by atoms with Crippen molar-refractivity contribution >= 4 is 12.0 Å². The van der Waals surface area contributed by atoms with Crippen LogP contribution >= 0.6 is 0 Å². The molecule has 0 bridgehead atoms. The van der Waals surface area contributed by atoms with Crippen LogP contribution in [0.3, 0.4) is 0 Å². The molecule has 1 heterocycles. The minimum Gasteiger partial charge on any atom is -0.504 e. The third-order valence-electron chi connectivity index (χ3n) is 1.99. The van der Waals surface area contributed by atoms with Gasteiger partial charge in [0.05, 0.1) is 5.36 Å². The van der Waals surface area contributed by atoms with E-state index in [0.29, 0.717) is 10.6 Å². The Bertz CT molecular complexity index is 479. The lowest BCUT2D eigenvalue weighted by molar-refractivity contribution is -0.136. The first-order valence-corrected chi connectivity index (χ1v) is 3.92. The molecule has 0 saturated heterocycles. The Morgan fingerprint density at radius 1 is 1.29 bits per heavy atom. The van der Waals surface area contributed by atoms with Crippen molar-refractivity contribution in [2.45, 2.75) is 6.04 Å². The van der Waals surface area contributed by atoms with E-state index >= 15 is 0 Å². The fraction of sp³-hybridized carbons (Fsp3) is 0.111. The summed E-state index contributed by atoms with van der Waals surface area (Å²) in [6.07, 6.45) is 1.41. The molecule has 1 aliphatic rings. The van der Waals surface area contributed by atoms with Gasteiger partial charge >= 0.3 is 5.97 Å². The topological polar surface area (TPSA) is 90.1 Å². The van der Waals surface area contributed by atoms with Crippen molar-refractivity contribution in [3.8, 4) is 11.5 Å². The van der Waals surface area contributed by atoms with E-state index in [2.05, 4.69) is 4.99 Å². The maximum Gasteiger partial charge on any atom is 0.332 e. The second-order valence-corrected chi connectivity index (χ2v) is 2.98. The van der Waals surface area contributed by atoms with Gasteiger partial charge in [0.25, 0.3) is 0 Å². The summed E-state index contributed by atoms with van der Waals surface area (Å²) in [7, 11) is 0. The van der Waals surface area contributed by atoms with E-state index in [0.717, 1.165) is 0 Å². The number of nitrogens with zero attached hydrogens (tertiary/aromatic N) is 1. The van der Waals surface area contributed by atoms with Crippen molar-refractivity contribution in [2.75, 3.05) is 0 Å². The Morgan fingerprint density at radius 2 is 1.93 bits per heavy atom. The summed E-state index contributed by atoms with van der Waals surface area (Å²) >= 11 is 0. The van der Waals surface area contributed by atoms with E-state index in [-0.39, 0.29) is 11.5 Å². The van der Waals surface area contributed by atoms with E-state index in [1.807, 2.05) is 0 Å². The van der Waals surface area contributed by atoms with Crippen molar-refractivity contribution in [1.29, 1.82) is 0 Å². The van der Waals surface area contributed by atoms with Gasteiger partial charge in [-0.3, -0.25) is 4.99 Å². The van der Waals surface area contributed by atoms with Gasteiger partial charge in [0, 0.05) is 11.3 Å². The quantitative estimate of drug-likeness (QED) is 0.497. The third-order valence-corrected chi connectivity index (χ3v) is 1.99. The Hall–Kier alpha value is -2.04. The molecule has 0 amide bonds. The smallest absolute Gasteiger partial charge is 0.332 e. The second kappa shape index (κ2) is 2.73. The summed E-state index contributed by atoms with van der Waals surface area (Å²) in [4.78, 5) is 14.4. The van der Waals surface area contributed by atoms with Gasteiger partial charge in [-0.1, -0.05) is 0 Å². The molecule has 0 unspecified atom stereocenters. The molecule has 5 nitrogen and oxygen atoms in total. The van der Waals surface area contributed by atoms with E-state index < -0.39 is 12.0 Å². The number of aliphatic carboxylic acids is 1. The molecule has 5 heteroatoms. The number of carbonyl (C=O) groups is 1. The normalized spacial score (nSPS) is 18.1. The van der Waals surface area contributed by atoms with Crippen LogP contribution in [-0.2, 0) is 4.79 Å². The zero-order valence-corrected chi connectivity index (χ0v) is 7.01. The average Bonchev–Trinajstić information content (AvgIpc) is 2.48. The highest BCUT2D eigenvalue weighted by atomic mass is 16.4. The number of benzene rings is 1. The number of rotatable bonds is 1. The van der Waals surface area contributed by atoms with Crippen molar-refractivity contribution in [3.63, 3.8) is 0 Å². The lowest BCUT2D eigenvalue weighted by atomic mass is 10.2. The maximum absolute atomic E-state index is 10.6. The first-order valence-electron chi connectivity index (χ1n) is 3.92. The van der Waals surface area contributed by atoms with Crippen molar-refractivity contribution in [1.82, 2.24) is 0 Å². The lowest BCUT2D eigenvalue weighted by Gasteiger charge is -1.93. The minimum absolute atomic E-state index is 0.277. The number of hydrogen-bond donors (Lipinski definition) is 3. The molecule has 1 aliphatic heterocycles. The molecule has 1 aromatic rings. The molecule has 1 aromatic carbocycles. The zero-order valence-electron chi connectivity index (χ0n) is 7.01. The highest BCUT2D eigenvalue weighted by molar-refractivity contribution is 5.82. The largest absolute Gasteiger partial charge is 0.504 e. The van der Waals surface area contributed by atoms with Gasteiger partial charge in [-0.05, 0) is 12.1 Å². The average molecular weight is 193 g/mol. The van der Waals surface area contributed by atoms with Crippen LogP contribution in [0.25, 0.3) is 6.08 Å². The predicted octanol–water partition coefficient (Wildman–Crippen LogP) is -1.04. The monoisotopic (exact) mass is 193 g/mol. The number of fused-ring (bicyclic) bond motifs is 1. The van der Waals surface area contributed by atoms with Gasteiger partial charge in [0.15, 0.2) is 17.5 Å². The van der Waals surface area contributed by atoms with Crippen molar-refractivity contribution in [3.05, 3.63) is 22.7 Å². The van der Waals surface area contributed by atoms with E-state index in [1.54, 1.807) is 0 Å². The fourth-order valence-electron chi connectivity index (χ4n) is 1.31. The van der Waals surface area contributed by atoms with Crippen LogP contribution in [0, 0.1) is 0 Å². The van der Waals surface area contributed by atoms with Crippen LogP contribution in [0.5, 0.6) is 11.5 Å². The summed E-state index contributed by atoms with van der Waals surface area (Å²) in [5.41, 5.74) is 0. The molecule has 1 atom stereocenters. The standard InChI is InChI=1S/C9H7NO4/c11-7-2-4-1-6(9(13)14)10-5(4)3-8(7)12/h1-3,6,11-12H,(H,13,14)/t6-/m1/s1. The van der Waals surface area contributed by atoms with Crippen molar-refractivity contribution in [2.24, 2.45) is 4.99 Å². The molecule has 14 heavy (non-hydrogen) atoms. The number of hydrogen-bond acceptors (Lipinski definition) is 4. The summed E-state index contributed by atoms with van der Waals surface area (Å²) in [6.45, 7) is 0. The number of phenolic OH excluding ortho intramolecular Hbond substituents is 2. The Balaban J connectivity index is 2.65. The highest BCUT2D eigenvalue weighted by Gasteiger charge is 2.17. The van der Waals surface area contributed by atoms with Crippen molar-refractivity contribution < 1.29 is 20.1 Å². The Labute approximate surface area is 78.3 Å². The molecule has 0 aromatic heterocycles. The van der Waals surface area contributed by atoms with E-state index in [4.69, 9.17) is 15.3 Å². The highest BCUT2D eigenvalue weighted by Crippen LogP contribution is 2.19. The molecule has 0 saturated carbocycles. The molecule has 72 valence electrons. The van der Waals surface area contributed by atoms with Gasteiger partial charge in [-0.15, -0.1) is 0 Å². The summed E-state index contributed by atoms with van der Waals surface area (Å²) in [6, 6.07) is 1.60. The van der Waals surface area contributed by atoms with Gasteiger partial charge in [-0.2, -0.15) is 0 Å². The number of phenols is 2. The van der Waals surface area contributed by atoms with Crippen LogP contribution in [0.15, 0.2) is 17.1 Å². The molecule has 0 radical (unpaired) electrons. The van der Waals surface area contributed by atoms with Gasteiger partial charge in [0.2, 0.25) is 0 Å². The van der Waals surface area contributed by atoms with Crippen LogP contribution < -0.4 is 10.6 Å². The Morgan fingerprint density at radius 3 is 2.57 bits per heavy atom. The molecule has 0 fully saturated rings. The molecule has 2 rings (SSSR count). The summed E-state index contributed by atoms with van der Waals surface area (Å²) < 4.78 is 0. The number of aromatic hydroxyl groups is 2.